The molecule has 2 saturated heterocycles. The number of thiocarbonyl (C=S) groups is 1. The molecule has 0 spiro atoms. The standard InChI is InChI=1S/C17H23N3O3S2/c1-13(24)18-11-16-12-20(17(21)23-16)15-5-3-14(4-6-15)19-7-2-9-25(22)10-8-19/h3-6,16H,2,7-12H2,1H3,(H,18,24). The average Bonchev–Trinajstić information content (AvgIpc) is 2.82. The second-order valence-electron chi connectivity index (χ2n) is 6.26. The summed E-state index contributed by atoms with van der Waals surface area (Å²) in [6, 6.07) is 7.92. The minimum absolute atomic E-state index is 0.203. The molecule has 136 valence electrons. The monoisotopic (exact) mass is 381 g/mol. The van der Waals surface area contributed by atoms with Gasteiger partial charge in [0.05, 0.1) is 18.1 Å². The lowest BCUT2D eigenvalue weighted by Crippen LogP contribution is -2.32. The molecule has 3 rings (SSSR count). The summed E-state index contributed by atoms with van der Waals surface area (Å²) >= 11 is 4.99. The first-order valence-corrected chi connectivity index (χ1v) is 10.3. The Morgan fingerprint density at radius 3 is 2.72 bits per heavy atom. The van der Waals surface area contributed by atoms with Crippen LogP contribution in [-0.2, 0) is 15.5 Å². The van der Waals surface area contributed by atoms with E-state index in [0.29, 0.717) is 23.8 Å². The lowest BCUT2D eigenvalue weighted by molar-refractivity contribution is 0.143. The topological polar surface area (TPSA) is 61.9 Å². The largest absolute Gasteiger partial charge is 0.442 e. The van der Waals surface area contributed by atoms with Crippen LogP contribution < -0.4 is 15.1 Å². The molecule has 8 heteroatoms. The van der Waals surface area contributed by atoms with Crippen molar-refractivity contribution in [3.05, 3.63) is 24.3 Å². The van der Waals surface area contributed by atoms with Crippen molar-refractivity contribution in [1.82, 2.24) is 5.32 Å². The molecule has 2 aliphatic heterocycles. The molecule has 2 heterocycles. The van der Waals surface area contributed by atoms with Crippen molar-refractivity contribution in [2.24, 2.45) is 0 Å². The second-order valence-corrected chi connectivity index (χ2v) is 8.57. The summed E-state index contributed by atoms with van der Waals surface area (Å²) < 4.78 is 17.0. The van der Waals surface area contributed by atoms with Gasteiger partial charge in [-0.25, -0.2) is 4.79 Å². The first-order chi connectivity index (χ1) is 12.0. The SMILES string of the molecule is CC(=S)NCC1CN(c2ccc(N3CCCS(=O)CC3)cc2)C(=O)O1. The number of cyclic esters (lactones) is 1. The molecule has 1 aromatic rings. The molecular formula is C17H23N3O3S2. The van der Waals surface area contributed by atoms with Gasteiger partial charge in [-0.05, 0) is 37.6 Å². The average molecular weight is 382 g/mol. The van der Waals surface area contributed by atoms with E-state index in [1.165, 1.54) is 0 Å². The van der Waals surface area contributed by atoms with Crippen molar-refractivity contribution >= 4 is 45.5 Å². The van der Waals surface area contributed by atoms with Crippen LogP contribution in [0.1, 0.15) is 13.3 Å². The van der Waals surface area contributed by atoms with Crippen molar-refractivity contribution < 1.29 is 13.7 Å². The number of benzene rings is 1. The van der Waals surface area contributed by atoms with Crippen molar-refractivity contribution in [2.75, 3.05) is 47.5 Å². The van der Waals surface area contributed by atoms with Crippen LogP contribution in [0.2, 0.25) is 0 Å². The van der Waals surface area contributed by atoms with Crippen molar-refractivity contribution in [1.29, 1.82) is 0 Å². The molecule has 0 saturated carbocycles. The summed E-state index contributed by atoms with van der Waals surface area (Å²) in [5.74, 6) is 1.50. The highest BCUT2D eigenvalue weighted by Gasteiger charge is 2.32. The Morgan fingerprint density at radius 1 is 1.28 bits per heavy atom. The molecule has 1 aromatic carbocycles. The molecule has 0 aliphatic carbocycles. The smallest absolute Gasteiger partial charge is 0.414 e. The maximum atomic E-state index is 12.1. The van der Waals surface area contributed by atoms with E-state index in [4.69, 9.17) is 17.0 Å². The summed E-state index contributed by atoms with van der Waals surface area (Å²) in [6.07, 6.45) is 0.415. The summed E-state index contributed by atoms with van der Waals surface area (Å²) in [5, 5.41) is 3.04. The number of nitrogens with zero attached hydrogens (tertiary/aromatic N) is 2. The number of amides is 1. The summed E-state index contributed by atoms with van der Waals surface area (Å²) in [6.45, 7) is 4.57. The van der Waals surface area contributed by atoms with Crippen molar-refractivity contribution in [3.63, 3.8) is 0 Å². The van der Waals surface area contributed by atoms with E-state index in [0.717, 1.165) is 36.6 Å². The highest BCUT2D eigenvalue weighted by molar-refractivity contribution is 7.85. The fourth-order valence-corrected chi connectivity index (χ4v) is 4.20. The maximum Gasteiger partial charge on any atom is 0.414 e. The Hall–Kier alpha value is -1.67. The highest BCUT2D eigenvalue weighted by atomic mass is 32.2. The fourth-order valence-electron chi connectivity index (χ4n) is 3.04. The first kappa shape index (κ1) is 18.1. The van der Waals surface area contributed by atoms with Crippen molar-refractivity contribution in [3.8, 4) is 0 Å². The Morgan fingerprint density at radius 2 is 2.00 bits per heavy atom. The predicted molar refractivity (Wildman–Crippen MR) is 105 cm³/mol. The normalized spacial score (nSPS) is 24.0. The number of rotatable bonds is 4. The van der Waals surface area contributed by atoms with E-state index >= 15 is 0 Å². The highest BCUT2D eigenvalue weighted by Crippen LogP contribution is 2.25. The van der Waals surface area contributed by atoms with Gasteiger partial charge in [0.25, 0.3) is 0 Å². The van der Waals surface area contributed by atoms with Gasteiger partial charge >= 0.3 is 6.09 Å². The van der Waals surface area contributed by atoms with E-state index in [1.807, 2.05) is 24.3 Å². The third-order valence-corrected chi connectivity index (χ3v) is 5.89. The van der Waals surface area contributed by atoms with Crippen LogP contribution in [0.5, 0.6) is 0 Å². The molecule has 6 nitrogen and oxygen atoms in total. The Balaban J connectivity index is 1.63. The lowest BCUT2D eigenvalue weighted by Gasteiger charge is -2.23. The molecule has 2 unspecified atom stereocenters. The fraction of sp³-hybridized carbons (Fsp3) is 0.529. The van der Waals surface area contributed by atoms with Gasteiger partial charge < -0.3 is 15.0 Å². The Kier molecular flexibility index (Phi) is 5.90. The third kappa shape index (κ3) is 4.70. The van der Waals surface area contributed by atoms with Gasteiger partial charge in [-0.2, -0.15) is 0 Å². The minimum atomic E-state index is -0.699. The molecule has 0 radical (unpaired) electrons. The van der Waals surface area contributed by atoms with E-state index in [9.17, 15) is 9.00 Å². The van der Waals surface area contributed by atoms with E-state index in [2.05, 4.69) is 10.2 Å². The van der Waals surface area contributed by atoms with E-state index in [-0.39, 0.29) is 12.2 Å². The zero-order valence-electron chi connectivity index (χ0n) is 14.3. The molecular weight excluding hydrogens is 358 g/mol. The van der Waals surface area contributed by atoms with Crippen LogP contribution in [0.15, 0.2) is 24.3 Å². The maximum absolute atomic E-state index is 12.1. The van der Waals surface area contributed by atoms with Gasteiger partial charge in [0.1, 0.15) is 6.10 Å². The Bertz CT molecular complexity index is 666. The summed E-state index contributed by atoms with van der Waals surface area (Å²) in [7, 11) is -0.699. The number of nitrogens with one attached hydrogen (secondary N) is 1. The molecule has 2 atom stereocenters. The number of hydrogen-bond acceptors (Lipinski definition) is 5. The quantitative estimate of drug-likeness (QED) is 0.804. The van der Waals surface area contributed by atoms with Gasteiger partial charge in [0, 0.05) is 46.8 Å². The predicted octanol–water partition coefficient (Wildman–Crippen LogP) is 1.91. The molecule has 0 aromatic heterocycles. The molecule has 2 fully saturated rings. The zero-order chi connectivity index (χ0) is 17.8. The van der Waals surface area contributed by atoms with Gasteiger partial charge in [0.15, 0.2) is 0 Å². The van der Waals surface area contributed by atoms with E-state index in [1.54, 1.807) is 11.8 Å². The van der Waals surface area contributed by atoms with Crippen molar-refractivity contribution in [2.45, 2.75) is 19.4 Å². The van der Waals surface area contributed by atoms with Crippen LogP contribution in [-0.4, -0.2) is 59.1 Å². The van der Waals surface area contributed by atoms with Gasteiger partial charge in [-0.15, -0.1) is 0 Å². The molecule has 1 amide bonds. The lowest BCUT2D eigenvalue weighted by atomic mass is 10.2. The molecule has 0 bridgehead atoms. The number of carbonyl (C=O) groups excluding carboxylic acids is 1. The second kappa shape index (κ2) is 8.14. The van der Waals surface area contributed by atoms with Crippen LogP contribution >= 0.6 is 12.2 Å². The van der Waals surface area contributed by atoms with Crippen LogP contribution in [0.3, 0.4) is 0 Å². The van der Waals surface area contributed by atoms with E-state index < -0.39 is 10.8 Å². The molecule has 1 N–H and O–H groups in total. The zero-order valence-corrected chi connectivity index (χ0v) is 15.9. The first-order valence-electron chi connectivity index (χ1n) is 8.45. The third-order valence-electron chi connectivity index (χ3n) is 4.37. The van der Waals surface area contributed by atoms with Gasteiger partial charge in [0.2, 0.25) is 0 Å². The number of hydrogen-bond donors (Lipinski definition) is 1. The van der Waals surface area contributed by atoms with Gasteiger partial charge in [-0.1, -0.05) is 12.2 Å². The number of ether oxygens (including phenoxy) is 1. The summed E-state index contributed by atoms with van der Waals surface area (Å²) in [4.78, 5) is 16.7. The van der Waals surface area contributed by atoms with Gasteiger partial charge in [-0.3, -0.25) is 9.11 Å². The number of anilines is 2. The van der Waals surface area contributed by atoms with Crippen LogP contribution in [0.4, 0.5) is 16.2 Å². The van der Waals surface area contributed by atoms with Crippen LogP contribution in [0.25, 0.3) is 0 Å². The minimum Gasteiger partial charge on any atom is -0.442 e. The molecule has 25 heavy (non-hydrogen) atoms. The Labute approximate surface area is 156 Å². The van der Waals surface area contributed by atoms with Crippen LogP contribution in [0, 0.1) is 0 Å². The molecule has 2 aliphatic rings. The number of carbonyl (C=O) groups is 1. The summed E-state index contributed by atoms with van der Waals surface area (Å²) in [5.41, 5.74) is 1.93.